The molecule has 0 radical (unpaired) electrons. The number of hydrogen-bond donors (Lipinski definition) is 1. The molecular formula is C17H11N3O5S. The van der Waals surface area contributed by atoms with E-state index in [9.17, 15) is 18.5 Å². The number of Topliss-reactive ketones (excluding diaryl/α,β-unsaturated/α-hetero) is 1. The third kappa shape index (κ3) is 3.66. The van der Waals surface area contributed by atoms with Gasteiger partial charge >= 0.3 is 0 Å². The molecule has 0 spiro atoms. The fraction of sp³-hybridized carbons (Fsp3) is 0.0588. The van der Waals surface area contributed by atoms with Crippen molar-refractivity contribution >= 4 is 32.6 Å². The fourth-order valence-corrected chi connectivity index (χ4v) is 2.66. The Hall–Kier alpha value is -3.35. The zero-order valence-corrected chi connectivity index (χ0v) is 13.9. The predicted molar refractivity (Wildman–Crippen MR) is 90.7 cm³/mol. The molecule has 3 aromatic rings. The number of carbonyl (C=O) groups is 1. The molecular weight excluding hydrogens is 358 g/mol. The molecule has 9 heteroatoms. The highest BCUT2D eigenvalue weighted by Gasteiger charge is 2.23. The summed E-state index contributed by atoms with van der Waals surface area (Å²) in [4.78, 5) is 12.1. The van der Waals surface area contributed by atoms with Crippen LogP contribution in [0.2, 0.25) is 0 Å². The monoisotopic (exact) mass is 369 g/mol. The van der Waals surface area contributed by atoms with Crippen LogP contribution in [0.5, 0.6) is 0 Å². The number of benzene rings is 2. The lowest BCUT2D eigenvalue weighted by Crippen LogP contribution is -2.15. The van der Waals surface area contributed by atoms with Crippen molar-refractivity contribution in [2.45, 2.75) is 10.9 Å². The summed E-state index contributed by atoms with van der Waals surface area (Å²) in [5.41, 5.74) is 0.736. The number of ketones is 1. The Morgan fingerprint density at radius 1 is 1.15 bits per heavy atom. The van der Waals surface area contributed by atoms with E-state index >= 15 is 0 Å². The first-order valence-electron chi connectivity index (χ1n) is 7.29. The summed E-state index contributed by atoms with van der Waals surface area (Å²) in [5, 5.41) is 17.4. The first-order valence-corrected chi connectivity index (χ1v) is 8.73. The summed E-state index contributed by atoms with van der Waals surface area (Å²) in [6, 6.07) is 13.7. The SMILES string of the molecule is N#CC(N=Nc1ccc(S(=O)(=O)O)cc1)C(=O)c1cc2ccccc2o1. The van der Waals surface area contributed by atoms with E-state index in [0.29, 0.717) is 5.58 Å². The summed E-state index contributed by atoms with van der Waals surface area (Å²) in [6.07, 6.45) is 0. The molecule has 0 amide bonds. The third-order valence-electron chi connectivity index (χ3n) is 3.46. The molecule has 0 saturated carbocycles. The Labute approximate surface area is 148 Å². The van der Waals surface area contributed by atoms with Crippen molar-refractivity contribution in [1.82, 2.24) is 0 Å². The van der Waals surface area contributed by atoms with Gasteiger partial charge in [-0.05, 0) is 36.4 Å². The van der Waals surface area contributed by atoms with Gasteiger partial charge in [-0.25, -0.2) is 0 Å². The van der Waals surface area contributed by atoms with Crippen LogP contribution in [0.3, 0.4) is 0 Å². The molecule has 0 saturated heterocycles. The Bertz CT molecular complexity index is 1110. The summed E-state index contributed by atoms with van der Waals surface area (Å²) >= 11 is 0. The van der Waals surface area contributed by atoms with Gasteiger partial charge in [0.2, 0.25) is 11.8 Å². The maximum absolute atomic E-state index is 12.4. The van der Waals surface area contributed by atoms with Crippen molar-refractivity contribution in [3.63, 3.8) is 0 Å². The summed E-state index contributed by atoms with van der Waals surface area (Å²) in [6.45, 7) is 0. The van der Waals surface area contributed by atoms with Gasteiger partial charge in [0.05, 0.1) is 10.6 Å². The van der Waals surface area contributed by atoms with Crippen molar-refractivity contribution in [1.29, 1.82) is 5.26 Å². The zero-order valence-electron chi connectivity index (χ0n) is 13.1. The zero-order chi connectivity index (χ0) is 18.7. The Kier molecular flexibility index (Phi) is 4.62. The molecule has 1 unspecified atom stereocenters. The standard InChI is InChI=1S/C17H11N3O5S/c18-10-14(17(21)16-9-11-3-1-2-4-15(11)25-16)20-19-12-5-7-13(8-6-12)26(22,23)24/h1-9,14H,(H,22,23,24). The lowest BCUT2D eigenvalue weighted by molar-refractivity contribution is 0.0954. The first kappa shape index (κ1) is 17.5. The van der Waals surface area contributed by atoms with E-state index in [4.69, 9.17) is 8.97 Å². The molecule has 3 rings (SSSR count). The van der Waals surface area contributed by atoms with Gasteiger partial charge in [0, 0.05) is 5.39 Å². The van der Waals surface area contributed by atoms with Crippen molar-refractivity contribution in [3.8, 4) is 6.07 Å². The number of hydrogen-bond acceptors (Lipinski definition) is 7. The Morgan fingerprint density at radius 3 is 2.46 bits per heavy atom. The molecule has 0 aliphatic heterocycles. The molecule has 8 nitrogen and oxygen atoms in total. The number of fused-ring (bicyclic) bond motifs is 1. The molecule has 130 valence electrons. The molecule has 0 aliphatic carbocycles. The van der Waals surface area contributed by atoms with Crippen LogP contribution in [0.1, 0.15) is 10.6 Å². The van der Waals surface area contributed by atoms with Crippen LogP contribution in [-0.2, 0) is 10.1 Å². The maximum Gasteiger partial charge on any atom is 0.294 e. The van der Waals surface area contributed by atoms with Crippen molar-refractivity contribution in [2.24, 2.45) is 10.2 Å². The van der Waals surface area contributed by atoms with Crippen molar-refractivity contribution < 1.29 is 22.2 Å². The molecule has 26 heavy (non-hydrogen) atoms. The molecule has 0 bridgehead atoms. The van der Waals surface area contributed by atoms with Gasteiger partial charge in [0.15, 0.2) is 5.76 Å². The largest absolute Gasteiger partial charge is 0.453 e. The number of azo groups is 1. The average molecular weight is 369 g/mol. The third-order valence-corrected chi connectivity index (χ3v) is 4.33. The van der Waals surface area contributed by atoms with Gasteiger partial charge in [-0.1, -0.05) is 18.2 Å². The molecule has 0 fully saturated rings. The topological polar surface area (TPSA) is 133 Å². The number of rotatable bonds is 5. The number of nitrogens with zero attached hydrogens (tertiary/aromatic N) is 3. The second-order valence-corrected chi connectivity index (χ2v) is 6.65. The highest BCUT2D eigenvalue weighted by Crippen LogP contribution is 2.21. The molecule has 1 atom stereocenters. The molecule has 2 aromatic carbocycles. The van der Waals surface area contributed by atoms with Gasteiger partial charge in [0.25, 0.3) is 10.1 Å². The fourth-order valence-electron chi connectivity index (χ4n) is 2.18. The lowest BCUT2D eigenvalue weighted by atomic mass is 10.1. The highest BCUT2D eigenvalue weighted by molar-refractivity contribution is 7.85. The molecule has 1 heterocycles. The van der Waals surface area contributed by atoms with E-state index < -0.39 is 21.9 Å². The second kappa shape index (κ2) is 6.87. The van der Waals surface area contributed by atoms with E-state index in [0.717, 1.165) is 17.5 Å². The smallest absolute Gasteiger partial charge is 0.294 e. The normalized spacial score (nSPS) is 12.9. The van der Waals surface area contributed by atoms with Crippen molar-refractivity contribution in [2.75, 3.05) is 0 Å². The van der Waals surface area contributed by atoms with Crippen LogP contribution >= 0.6 is 0 Å². The van der Waals surface area contributed by atoms with Crippen LogP contribution in [-0.4, -0.2) is 24.8 Å². The predicted octanol–water partition coefficient (Wildman–Crippen LogP) is 3.54. The van der Waals surface area contributed by atoms with Crippen LogP contribution < -0.4 is 0 Å². The lowest BCUT2D eigenvalue weighted by Gasteiger charge is -2.00. The quantitative estimate of drug-likeness (QED) is 0.415. The first-order chi connectivity index (χ1) is 12.4. The highest BCUT2D eigenvalue weighted by atomic mass is 32.2. The summed E-state index contributed by atoms with van der Waals surface area (Å²) < 4.78 is 36.3. The van der Waals surface area contributed by atoms with Crippen LogP contribution in [0.15, 0.2) is 74.1 Å². The summed E-state index contributed by atoms with van der Waals surface area (Å²) in [7, 11) is -4.31. The van der Waals surface area contributed by atoms with Gasteiger partial charge in [0.1, 0.15) is 11.7 Å². The summed E-state index contributed by atoms with van der Waals surface area (Å²) in [5.74, 6) is -0.638. The van der Waals surface area contributed by atoms with Gasteiger partial charge in [-0.2, -0.15) is 23.9 Å². The number of para-hydroxylation sites is 1. The van der Waals surface area contributed by atoms with Crippen LogP contribution in [0.4, 0.5) is 5.69 Å². The van der Waals surface area contributed by atoms with Crippen LogP contribution in [0.25, 0.3) is 11.0 Å². The van der Waals surface area contributed by atoms with Crippen molar-refractivity contribution in [3.05, 3.63) is 60.4 Å². The molecule has 1 aromatic heterocycles. The van der Waals surface area contributed by atoms with Gasteiger partial charge in [-0.3, -0.25) is 9.35 Å². The maximum atomic E-state index is 12.4. The van der Waals surface area contributed by atoms with E-state index in [1.807, 2.05) is 0 Å². The Morgan fingerprint density at radius 2 is 1.85 bits per heavy atom. The van der Waals surface area contributed by atoms with E-state index in [-0.39, 0.29) is 16.3 Å². The minimum atomic E-state index is -4.31. The molecule has 1 N–H and O–H groups in total. The van der Waals surface area contributed by atoms with Gasteiger partial charge < -0.3 is 4.42 Å². The number of carbonyl (C=O) groups excluding carboxylic acids is 1. The van der Waals surface area contributed by atoms with Gasteiger partial charge in [-0.15, -0.1) is 0 Å². The average Bonchev–Trinajstić information content (AvgIpc) is 3.06. The molecule has 0 aliphatic rings. The van der Waals surface area contributed by atoms with E-state index in [1.165, 1.54) is 18.2 Å². The number of nitriles is 1. The van der Waals surface area contributed by atoms with E-state index in [1.54, 1.807) is 30.3 Å². The van der Waals surface area contributed by atoms with E-state index in [2.05, 4.69) is 10.2 Å². The number of furan rings is 1. The minimum Gasteiger partial charge on any atom is -0.453 e. The van der Waals surface area contributed by atoms with Crippen LogP contribution in [0, 0.1) is 11.3 Å². The minimum absolute atomic E-state index is 0.00146. The Balaban J connectivity index is 1.81. The second-order valence-electron chi connectivity index (χ2n) is 5.23.